The third-order valence-corrected chi connectivity index (χ3v) is 9.76. The van der Waals surface area contributed by atoms with E-state index >= 15 is 0 Å². The van der Waals surface area contributed by atoms with E-state index in [0.29, 0.717) is 6.54 Å². The fourth-order valence-corrected chi connectivity index (χ4v) is 7.35. The number of fused-ring (bicyclic) bond motifs is 10. The topological polar surface area (TPSA) is 87.9 Å². The van der Waals surface area contributed by atoms with Gasteiger partial charge in [0.25, 0.3) is 0 Å². The molecule has 5 nitrogen and oxygen atoms in total. The Morgan fingerprint density at radius 1 is 0.370 bits per heavy atom. The second-order valence-electron chi connectivity index (χ2n) is 13.2. The zero-order chi connectivity index (χ0) is 37.4. The predicted octanol–water partition coefficient (Wildman–Crippen LogP) is 11.3. The van der Waals surface area contributed by atoms with Crippen molar-refractivity contribution in [2.75, 3.05) is 0 Å². The first-order chi connectivity index (χ1) is 26.6. The number of nitrogens with zero attached hydrogens (tertiary/aromatic N) is 2. The van der Waals surface area contributed by atoms with Crippen LogP contribution in [0.5, 0.6) is 0 Å². The fourth-order valence-electron chi connectivity index (χ4n) is 7.35. The largest absolute Gasteiger partial charge is 0.326 e. The molecule has 2 heterocycles. The quantitative estimate of drug-likeness (QED) is 0.126. The molecule has 266 valence electrons. The lowest BCUT2D eigenvalue weighted by atomic mass is 9.98. The minimum Gasteiger partial charge on any atom is -0.326 e. The molecule has 0 aliphatic rings. The van der Waals surface area contributed by atoms with Crippen molar-refractivity contribution in [2.24, 2.45) is 17.4 Å². The van der Waals surface area contributed by atoms with E-state index in [2.05, 4.69) is 174 Å². The molecule has 5 heteroatoms. The summed E-state index contributed by atoms with van der Waals surface area (Å²) in [7, 11) is 0. The van der Waals surface area contributed by atoms with Crippen LogP contribution >= 0.6 is 0 Å². The molecular weight excluding hydrogens is 659 g/mol. The highest BCUT2D eigenvalue weighted by Crippen LogP contribution is 2.46. The molecule has 0 saturated heterocycles. The van der Waals surface area contributed by atoms with Crippen LogP contribution in [0.15, 0.2) is 188 Å². The van der Waals surface area contributed by atoms with Crippen LogP contribution in [0, 0.1) is 13.8 Å². The Morgan fingerprint density at radius 3 is 1.13 bits per heavy atom. The fraction of sp³-hybridized carbons (Fsp3) is 0.0612. The molecule has 0 atom stereocenters. The summed E-state index contributed by atoms with van der Waals surface area (Å²) in [5, 5.41) is 7.75. The lowest BCUT2D eigenvalue weighted by Crippen LogP contribution is -2.02. The third kappa shape index (κ3) is 6.87. The molecule has 54 heavy (non-hydrogen) atoms. The van der Waals surface area contributed by atoms with Crippen LogP contribution in [0.3, 0.4) is 0 Å². The Hall–Kier alpha value is -6.50. The van der Waals surface area contributed by atoms with E-state index in [1.54, 1.807) is 0 Å². The molecule has 8 aromatic carbocycles. The van der Waals surface area contributed by atoms with Crippen LogP contribution in [0.2, 0.25) is 0 Å². The molecule has 0 aliphatic heterocycles. The van der Waals surface area contributed by atoms with Crippen LogP contribution in [-0.4, -0.2) is 9.13 Å². The van der Waals surface area contributed by atoms with E-state index < -0.39 is 0 Å². The normalized spacial score (nSPS) is 10.8. The Kier molecular flexibility index (Phi) is 10.9. The second-order valence-corrected chi connectivity index (χ2v) is 13.2. The first kappa shape index (κ1) is 35.9. The van der Waals surface area contributed by atoms with Gasteiger partial charge in [0, 0.05) is 39.5 Å². The van der Waals surface area contributed by atoms with E-state index in [1.807, 2.05) is 48.5 Å². The summed E-state index contributed by atoms with van der Waals surface area (Å²) >= 11 is 0. The van der Waals surface area contributed by atoms with E-state index in [-0.39, 0.29) is 0 Å². The van der Waals surface area contributed by atoms with E-state index in [4.69, 9.17) is 5.73 Å². The van der Waals surface area contributed by atoms with Crippen molar-refractivity contribution in [1.29, 1.82) is 0 Å². The van der Waals surface area contributed by atoms with Crippen molar-refractivity contribution in [1.82, 2.24) is 9.13 Å². The third-order valence-electron chi connectivity index (χ3n) is 9.76. The standard InChI is InChI=1S/C35H24N2.C7H9N.C7H8.H4N2/c1-23-19-21-25(22-20-23)37-31-18-10-8-16-29(31)33-27-14-6-5-13-26(27)32-28-15-7-9-17-30(28)36(34(32)35(33)37)24-11-3-2-4-12-24;8-6-7-4-2-1-3-5-7;1-7-5-3-2-4-6-7;1-2/h2-22H,1H3;1-5H,6,8H2;2-6H,1H3;1-2H2. The van der Waals surface area contributed by atoms with Gasteiger partial charge in [-0.15, -0.1) is 0 Å². The molecule has 0 unspecified atom stereocenters. The Labute approximate surface area is 316 Å². The minimum atomic E-state index is 0.640. The summed E-state index contributed by atoms with van der Waals surface area (Å²) < 4.78 is 4.93. The first-order valence-corrected chi connectivity index (χ1v) is 18.2. The van der Waals surface area contributed by atoms with Crippen molar-refractivity contribution in [3.63, 3.8) is 0 Å². The van der Waals surface area contributed by atoms with Gasteiger partial charge in [-0.3, -0.25) is 11.7 Å². The molecule has 10 aromatic rings. The average molecular weight is 704 g/mol. The van der Waals surface area contributed by atoms with Gasteiger partial charge in [-0.2, -0.15) is 0 Å². The van der Waals surface area contributed by atoms with Gasteiger partial charge in [0.05, 0.1) is 22.1 Å². The monoisotopic (exact) mass is 703 g/mol. The van der Waals surface area contributed by atoms with Gasteiger partial charge in [0.15, 0.2) is 0 Å². The van der Waals surface area contributed by atoms with Gasteiger partial charge in [-0.1, -0.05) is 163 Å². The zero-order valence-electron chi connectivity index (χ0n) is 30.7. The number of hydrogen-bond acceptors (Lipinski definition) is 3. The maximum atomic E-state index is 5.35. The highest BCUT2D eigenvalue weighted by Gasteiger charge is 2.24. The summed E-state index contributed by atoms with van der Waals surface area (Å²) in [5.74, 6) is 8.00. The van der Waals surface area contributed by atoms with Crippen LogP contribution < -0.4 is 17.4 Å². The summed E-state index contributed by atoms with van der Waals surface area (Å²) in [6.07, 6.45) is 0. The number of nitrogens with two attached hydrogens (primary N) is 3. The summed E-state index contributed by atoms with van der Waals surface area (Å²) in [6.45, 7) is 4.87. The van der Waals surface area contributed by atoms with E-state index in [9.17, 15) is 0 Å². The molecule has 0 aliphatic carbocycles. The molecular formula is C49H45N5. The lowest BCUT2D eigenvalue weighted by molar-refractivity contribution is 1.07. The number of aromatic nitrogens is 2. The summed E-state index contributed by atoms with van der Waals surface area (Å²) in [5.41, 5.74) is 16.4. The van der Waals surface area contributed by atoms with Crippen molar-refractivity contribution in [2.45, 2.75) is 20.4 Å². The molecule has 0 fully saturated rings. The maximum absolute atomic E-state index is 5.35. The Morgan fingerprint density at radius 2 is 0.722 bits per heavy atom. The maximum Gasteiger partial charge on any atom is 0.0795 e. The zero-order valence-corrected chi connectivity index (χ0v) is 30.7. The minimum absolute atomic E-state index is 0.640. The molecule has 0 bridgehead atoms. The molecule has 6 N–H and O–H groups in total. The average Bonchev–Trinajstić information content (AvgIpc) is 3.78. The van der Waals surface area contributed by atoms with E-state index in [1.165, 1.54) is 82.4 Å². The van der Waals surface area contributed by atoms with Gasteiger partial charge >= 0.3 is 0 Å². The highest BCUT2D eigenvalue weighted by molar-refractivity contribution is 6.36. The van der Waals surface area contributed by atoms with Crippen molar-refractivity contribution >= 4 is 54.4 Å². The predicted molar refractivity (Wildman–Crippen MR) is 231 cm³/mol. The van der Waals surface area contributed by atoms with Gasteiger partial charge in [-0.05, 0) is 66.6 Å². The van der Waals surface area contributed by atoms with Crippen LogP contribution in [0.1, 0.15) is 16.7 Å². The lowest BCUT2D eigenvalue weighted by Gasteiger charge is -2.14. The summed E-state index contributed by atoms with van der Waals surface area (Å²) in [4.78, 5) is 0. The molecule has 0 spiro atoms. The molecule has 0 radical (unpaired) electrons. The molecule has 10 rings (SSSR count). The number of benzene rings is 8. The number of hydrogen-bond donors (Lipinski definition) is 3. The number of hydrazine groups is 1. The van der Waals surface area contributed by atoms with Crippen LogP contribution in [0.4, 0.5) is 0 Å². The Bertz CT molecular complexity index is 2770. The number of para-hydroxylation sites is 3. The molecule has 0 saturated carbocycles. The van der Waals surface area contributed by atoms with Crippen molar-refractivity contribution in [3.05, 3.63) is 205 Å². The molecule has 2 aromatic heterocycles. The number of rotatable bonds is 3. The van der Waals surface area contributed by atoms with Crippen LogP contribution in [-0.2, 0) is 6.54 Å². The van der Waals surface area contributed by atoms with Gasteiger partial charge < -0.3 is 14.9 Å². The summed E-state index contributed by atoms with van der Waals surface area (Å²) in [6, 6.07) is 66.5. The SMILES string of the molecule is Cc1ccc(-n2c3ccccc3c3c4ccccc4c4c5ccccc5n(-c5ccccc5)c4c32)cc1.Cc1ccccc1.NCc1ccccc1.NN. The number of aryl methyl sites for hydroxylation is 2. The van der Waals surface area contributed by atoms with Crippen molar-refractivity contribution < 1.29 is 0 Å². The van der Waals surface area contributed by atoms with Crippen LogP contribution in [0.25, 0.3) is 65.8 Å². The van der Waals surface area contributed by atoms with Crippen molar-refractivity contribution in [3.8, 4) is 11.4 Å². The Balaban J connectivity index is 0.000000220. The second kappa shape index (κ2) is 16.4. The highest BCUT2D eigenvalue weighted by atomic mass is 15.0. The first-order valence-electron chi connectivity index (χ1n) is 18.2. The van der Waals surface area contributed by atoms with Gasteiger partial charge in [0.2, 0.25) is 0 Å². The smallest absolute Gasteiger partial charge is 0.0795 e. The molecule has 0 amide bonds. The van der Waals surface area contributed by atoms with Gasteiger partial charge in [-0.25, -0.2) is 0 Å². The van der Waals surface area contributed by atoms with E-state index in [0.717, 1.165) is 0 Å². The van der Waals surface area contributed by atoms with Gasteiger partial charge in [0.1, 0.15) is 0 Å².